The molecule has 1 rings (SSSR count). The molecule has 1 aromatic heterocycles. The normalized spacial score (nSPS) is 13.3. The maximum Gasteiger partial charge on any atom is 0.402 e. The number of H-pyrrole nitrogens is 1. The van der Waals surface area contributed by atoms with Gasteiger partial charge in [-0.2, -0.15) is 22.6 Å². The molecule has 0 aromatic carbocycles. The summed E-state index contributed by atoms with van der Waals surface area (Å²) < 4.78 is 59.4. The van der Waals surface area contributed by atoms with Gasteiger partial charge in [-0.05, 0) is 0 Å². The average molecular weight is 258 g/mol. The van der Waals surface area contributed by atoms with Crippen LogP contribution in [0.4, 0.5) is 19.0 Å². The number of halogens is 3. The van der Waals surface area contributed by atoms with Gasteiger partial charge in [-0.25, -0.2) is 8.42 Å². The summed E-state index contributed by atoms with van der Waals surface area (Å²) in [4.78, 5) is -0.473. The first-order chi connectivity index (χ1) is 7.14. The highest BCUT2D eigenvalue weighted by Gasteiger charge is 2.35. The number of aromatic amines is 1. The van der Waals surface area contributed by atoms with Gasteiger partial charge in [0.05, 0.1) is 6.20 Å². The van der Waals surface area contributed by atoms with E-state index in [4.69, 9.17) is 5.73 Å². The summed E-state index contributed by atoms with van der Waals surface area (Å²) in [5.74, 6) is -0.297. The topological polar surface area (TPSA) is 92.1 Å². The highest BCUT2D eigenvalue weighted by Crippen LogP contribution is 2.23. The van der Waals surface area contributed by atoms with Gasteiger partial charge < -0.3 is 5.73 Å². The third-order valence-electron chi connectivity index (χ3n) is 1.72. The van der Waals surface area contributed by atoms with Crippen LogP contribution in [0.1, 0.15) is 0 Å². The number of anilines is 1. The molecule has 0 amide bonds. The Bertz CT molecular complexity index is 466. The molecule has 0 radical (unpaired) electrons. The van der Waals surface area contributed by atoms with Crippen LogP contribution in [0.2, 0.25) is 0 Å². The highest BCUT2D eigenvalue weighted by atomic mass is 32.2. The molecule has 0 unspecified atom stereocenters. The molecule has 0 aliphatic carbocycles. The third-order valence-corrected chi connectivity index (χ3v) is 3.55. The zero-order valence-electron chi connectivity index (χ0n) is 8.11. The molecule has 10 heteroatoms. The van der Waals surface area contributed by atoms with E-state index in [1.807, 2.05) is 0 Å². The van der Waals surface area contributed by atoms with Crippen molar-refractivity contribution >= 4 is 15.8 Å². The Kier molecular flexibility index (Phi) is 3.15. The second-order valence-corrected chi connectivity index (χ2v) is 5.04. The molecule has 0 fully saturated rings. The molecular formula is C6H9F3N4O2S. The number of nitrogens with one attached hydrogen (secondary N) is 1. The van der Waals surface area contributed by atoms with Crippen molar-refractivity contribution in [1.82, 2.24) is 14.5 Å². The molecule has 0 aliphatic heterocycles. The standard InChI is InChI=1S/C6H9F3N4O2S/c1-13(3-6(7,8)9)16(14,15)4-2-11-12-5(4)10/h2H,3H2,1H3,(H3,10,11,12). The number of nitrogen functional groups attached to an aromatic ring is 1. The summed E-state index contributed by atoms with van der Waals surface area (Å²) in [5.41, 5.74) is 5.22. The Morgan fingerprint density at radius 3 is 2.50 bits per heavy atom. The van der Waals surface area contributed by atoms with Crippen LogP contribution in [-0.2, 0) is 10.0 Å². The molecule has 6 nitrogen and oxygen atoms in total. The fraction of sp³-hybridized carbons (Fsp3) is 0.500. The summed E-state index contributed by atoms with van der Waals surface area (Å²) in [5, 5.41) is 5.46. The molecule has 0 saturated carbocycles. The van der Waals surface area contributed by atoms with Gasteiger partial charge in [0.25, 0.3) is 0 Å². The first kappa shape index (κ1) is 12.8. The number of rotatable bonds is 3. The minimum atomic E-state index is -4.61. The predicted molar refractivity (Wildman–Crippen MR) is 48.9 cm³/mol. The monoisotopic (exact) mass is 258 g/mol. The van der Waals surface area contributed by atoms with Crippen molar-refractivity contribution < 1.29 is 21.6 Å². The molecule has 0 aliphatic rings. The summed E-state index contributed by atoms with van der Waals surface area (Å²) >= 11 is 0. The van der Waals surface area contributed by atoms with Crippen LogP contribution in [0.5, 0.6) is 0 Å². The van der Waals surface area contributed by atoms with Crippen LogP contribution in [0, 0.1) is 0 Å². The van der Waals surface area contributed by atoms with Gasteiger partial charge in [0.15, 0.2) is 0 Å². The second-order valence-electron chi connectivity index (χ2n) is 3.02. The van der Waals surface area contributed by atoms with Crippen LogP contribution >= 0.6 is 0 Å². The smallest absolute Gasteiger partial charge is 0.383 e. The SMILES string of the molecule is CN(CC(F)(F)F)S(=O)(=O)c1cn[nH]c1N. The average Bonchev–Trinajstić information content (AvgIpc) is 2.48. The lowest BCUT2D eigenvalue weighted by atomic mass is 10.6. The highest BCUT2D eigenvalue weighted by molar-refractivity contribution is 7.89. The summed E-state index contributed by atoms with van der Waals surface area (Å²) in [6.07, 6.45) is -3.75. The molecule has 1 aromatic rings. The second kappa shape index (κ2) is 3.94. The van der Waals surface area contributed by atoms with Crippen LogP contribution in [0.3, 0.4) is 0 Å². The zero-order chi connectivity index (χ0) is 12.6. The lowest BCUT2D eigenvalue weighted by Crippen LogP contribution is -2.35. The summed E-state index contributed by atoms with van der Waals surface area (Å²) in [7, 11) is -3.45. The third kappa shape index (κ3) is 2.64. The van der Waals surface area contributed by atoms with Crippen LogP contribution in [-0.4, -0.2) is 42.7 Å². The van der Waals surface area contributed by atoms with E-state index in [2.05, 4.69) is 10.2 Å². The van der Waals surface area contributed by atoms with Crippen LogP contribution < -0.4 is 5.73 Å². The Hall–Kier alpha value is -1.29. The molecule has 3 N–H and O–H groups in total. The Labute approximate surface area is 89.3 Å². The zero-order valence-corrected chi connectivity index (χ0v) is 8.93. The van der Waals surface area contributed by atoms with Crippen molar-refractivity contribution in [3.63, 3.8) is 0 Å². The lowest BCUT2D eigenvalue weighted by Gasteiger charge is -2.17. The number of sulfonamides is 1. The van der Waals surface area contributed by atoms with Crippen molar-refractivity contribution in [3.05, 3.63) is 6.20 Å². The van der Waals surface area contributed by atoms with E-state index in [0.29, 0.717) is 0 Å². The van der Waals surface area contributed by atoms with Gasteiger partial charge in [0.1, 0.15) is 17.3 Å². The molecule has 1 heterocycles. The van der Waals surface area contributed by atoms with Gasteiger partial charge in [-0.15, -0.1) is 0 Å². The van der Waals surface area contributed by atoms with E-state index < -0.39 is 27.6 Å². The summed E-state index contributed by atoms with van der Waals surface area (Å²) in [6, 6.07) is 0. The van der Waals surface area contributed by atoms with E-state index in [0.717, 1.165) is 13.2 Å². The van der Waals surface area contributed by atoms with E-state index in [1.54, 1.807) is 0 Å². The number of nitrogens with two attached hydrogens (primary N) is 1. The number of alkyl halides is 3. The molecule has 16 heavy (non-hydrogen) atoms. The minimum Gasteiger partial charge on any atom is -0.383 e. The van der Waals surface area contributed by atoms with Crippen molar-refractivity contribution in [2.24, 2.45) is 0 Å². The maximum absolute atomic E-state index is 12.0. The largest absolute Gasteiger partial charge is 0.402 e. The van der Waals surface area contributed by atoms with Crippen LogP contribution in [0.25, 0.3) is 0 Å². The van der Waals surface area contributed by atoms with Gasteiger partial charge in [-0.3, -0.25) is 5.10 Å². The van der Waals surface area contributed by atoms with E-state index in [9.17, 15) is 21.6 Å². The number of aromatic nitrogens is 2. The van der Waals surface area contributed by atoms with E-state index >= 15 is 0 Å². The first-order valence-electron chi connectivity index (χ1n) is 3.96. The van der Waals surface area contributed by atoms with Gasteiger partial charge in [0.2, 0.25) is 10.0 Å². The van der Waals surface area contributed by atoms with Gasteiger partial charge >= 0.3 is 6.18 Å². The number of nitrogens with zero attached hydrogens (tertiary/aromatic N) is 2. The molecule has 0 atom stereocenters. The number of hydrogen-bond donors (Lipinski definition) is 2. The predicted octanol–water partition coefficient (Wildman–Crippen LogP) is 0.175. The lowest BCUT2D eigenvalue weighted by molar-refractivity contribution is -0.134. The molecule has 0 bridgehead atoms. The van der Waals surface area contributed by atoms with Gasteiger partial charge in [0, 0.05) is 7.05 Å². The van der Waals surface area contributed by atoms with Gasteiger partial charge in [-0.1, -0.05) is 0 Å². The van der Waals surface area contributed by atoms with Crippen molar-refractivity contribution in [2.75, 3.05) is 19.3 Å². The van der Waals surface area contributed by atoms with Crippen LogP contribution in [0.15, 0.2) is 11.1 Å². The first-order valence-corrected chi connectivity index (χ1v) is 5.40. The molecule has 0 spiro atoms. The Morgan fingerprint density at radius 2 is 2.12 bits per heavy atom. The van der Waals surface area contributed by atoms with E-state index in [-0.39, 0.29) is 10.1 Å². The molecule has 92 valence electrons. The minimum absolute atomic E-state index is 0.161. The number of hydrogen-bond acceptors (Lipinski definition) is 4. The summed E-state index contributed by atoms with van der Waals surface area (Å²) in [6.45, 7) is -1.58. The quantitative estimate of drug-likeness (QED) is 0.808. The fourth-order valence-electron chi connectivity index (χ4n) is 0.996. The van der Waals surface area contributed by atoms with Crippen molar-refractivity contribution in [1.29, 1.82) is 0 Å². The fourth-order valence-corrected chi connectivity index (χ4v) is 2.16. The maximum atomic E-state index is 12.0. The van der Waals surface area contributed by atoms with Crippen molar-refractivity contribution in [2.45, 2.75) is 11.1 Å². The molecule has 0 saturated heterocycles. The van der Waals surface area contributed by atoms with E-state index in [1.165, 1.54) is 0 Å². The Balaban J connectivity index is 3.00. The Morgan fingerprint density at radius 1 is 1.56 bits per heavy atom. The van der Waals surface area contributed by atoms with Crippen molar-refractivity contribution in [3.8, 4) is 0 Å². The molecular weight excluding hydrogens is 249 g/mol.